The second-order valence-corrected chi connectivity index (χ2v) is 10.7. The Balaban J connectivity index is 1.38. The highest BCUT2D eigenvalue weighted by Gasteiger charge is 2.61. The summed E-state index contributed by atoms with van der Waals surface area (Å²) in [6.45, 7) is 1.56. The summed E-state index contributed by atoms with van der Waals surface area (Å²) in [6.07, 6.45) is 1.89. The molecule has 34 heavy (non-hydrogen) atoms. The van der Waals surface area contributed by atoms with Crippen molar-refractivity contribution in [3.8, 4) is 18.1 Å². The van der Waals surface area contributed by atoms with Crippen LogP contribution in [0.2, 0.25) is 0 Å². The van der Waals surface area contributed by atoms with Crippen LogP contribution >= 0.6 is 0 Å². The lowest BCUT2D eigenvalue weighted by Crippen LogP contribution is -2.60. The van der Waals surface area contributed by atoms with Crippen LogP contribution in [-0.2, 0) is 4.74 Å². The fourth-order valence-corrected chi connectivity index (χ4v) is 7.19. The Labute approximate surface area is 199 Å². The quantitative estimate of drug-likeness (QED) is 0.350. The first-order valence-corrected chi connectivity index (χ1v) is 12.1. The predicted molar refractivity (Wildman–Crippen MR) is 120 cm³/mol. The summed E-state index contributed by atoms with van der Waals surface area (Å²) in [5, 5.41) is 61.8. The van der Waals surface area contributed by atoms with Crippen LogP contribution in [0.1, 0.15) is 62.2 Å². The van der Waals surface area contributed by atoms with Gasteiger partial charge in [-0.1, -0.05) is 18.9 Å². The van der Waals surface area contributed by atoms with E-state index < -0.39 is 49.0 Å². The fourth-order valence-electron chi connectivity index (χ4n) is 7.19. The molecule has 0 amide bonds. The number of rotatable bonds is 3. The van der Waals surface area contributed by atoms with E-state index in [-0.39, 0.29) is 23.2 Å². The molecule has 186 valence electrons. The molecule has 0 radical (unpaired) electrons. The zero-order valence-electron chi connectivity index (χ0n) is 19.2. The van der Waals surface area contributed by atoms with E-state index in [2.05, 4.69) is 12.8 Å². The molecule has 4 aliphatic rings. The monoisotopic (exact) mass is 474 g/mol. The molecule has 11 atom stereocenters. The lowest BCUT2D eigenvalue weighted by molar-refractivity contribution is -0.277. The minimum atomic E-state index is -1.52. The van der Waals surface area contributed by atoms with Crippen molar-refractivity contribution in [1.29, 1.82) is 0 Å². The standard InChI is InChI=1S/C26H34O8/c1-3-26(32)9-7-18-16-11-19(28)17-10-13(4-5-14(17)15(16)6-8-25(18,26)2)33-24-23(31)22(30)21(29)20(12-27)34-24/h1,4-5,10,15-16,18-24,27-32H,6-9,11-12H2,2H3/t15-,16-,18+,19-,20-,21-,22+,23-,24-,25+,26+/m1/s1. The second-order valence-electron chi connectivity index (χ2n) is 10.7. The number of hydrogen-bond acceptors (Lipinski definition) is 8. The third kappa shape index (κ3) is 3.41. The van der Waals surface area contributed by atoms with Crippen molar-refractivity contribution in [2.45, 2.75) is 87.4 Å². The van der Waals surface area contributed by atoms with Gasteiger partial charge < -0.3 is 40.1 Å². The number of aliphatic hydroxyl groups is 6. The van der Waals surface area contributed by atoms with E-state index in [0.717, 1.165) is 30.4 Å². The van der Waals surface area contributed by atoms with Gasteiger partial charge >= 0.3 is 0 Å². The van der Waals surface area contributed by atoms with Gasteiger partial charge in [0, 0.05) is 5.41 Å². The molecule has 1 heterocycles. The predicted octanol–water partition coefficient (Wildman–Crippen LogP) is 0.577. The Kier molecular flexibility index (Phi) is 5.97. The van der Waals surface area contributed by atoms with Crippen molar-refractivity contribution < 1.29 is 40.1 Å². The van der Waals surface area contributed by atoms with Gasteiger partial charge in [0.1, 0.15) is 35.8 Å². The molecule has 1 saturated heterocycles. The molecule has 0 aromatic heterocycles. The number of hydrogen-bond donors (Lipinski definition) is 6. The van der Waals surface area contributed by atoms with E-state index in [1.54, 1.807) is 12.1 Å². The minimum Gasteiger partial charge on any atom is -0.462 e. The molecule has 2 saturated carbocycles. The van der Waals surface area contributed by atoms with E-state index in [4.69, 9.17) is 15.9 Å². The Hall–Kier alpha value is -1.70. The lowest BCUT2D eigenvalue weighted by atomic mass is 9.53. The second kappa shape index (κ2) is 8.45. The molecule has 8 nitrogen and oxygen atoms in total. The summed E-state index contributed by atoms with van der Waals surface area (Å²) < 4.78 is 11.2. The van der Waals surface area contributed by atoms with E-state index in [0.29, 0.717) is 18.6 Å². The van der Waals surface area contributed by atoms with Crippen molar-refractivity contribution in [2.75, 3.05) is 6.61 Å². The topological polar surface area (TPSA) is 140 Å². The van der Waals surface area contributed by atoms with Crippen molar-refractivity contribution in [3.05, 3.63) is 29.3 Å². The van der Waals surface area contributed by atoms with Crippen LogP contribution in [0.25, 0.3) is 0 Å². The smallest absolute Gasteiger partial charge is 0.229 e. The first-order valence-electron chi connectivity index (χ1n) is 12.1. The molecule has 0 unspecified atom stereocenters. The van der Waals surface area contributed by atoms with Crippen molar-refractivity contribution in [2.24, 2.45) is 17.3 Å². The van der Waals surface area contributed by atoms with Crippen LogP contribution < -0.4 is 4.74 Å². The van der Waals surface area contributed by atoms with E-state index >= 15 is 0 Å². The molecule has 1 aliphatic heterocycles. The van der Waals surface area contributed by atoms with Gasteiger partial charge in [0.2, 0.25) is 6.29 Å². The van der Waals surface area contributed by atoms with E-state index in [1.807, 2.05) is 6.07 Å². The molecule has 3 fully saturated rings. The fraction of sp³-hybridized carbons (Fsp3) is 0.692. The highest BCUT2D eigenvalue weighted by atomic mass is 16.7. The summed E-state index contributed by atoms with van der Waals surface area (Å²) in [4.78, 5) is 0. The molecular formula is C26H34O8. The molecule has 1 aromatic carbocycles. The van der Waals surface area contributed by atoms with Crippen LogP contribution in [0, 0.1) is 29.6 Å². The summed E-state index contributed by atoms with van der Waals surface area (Å²) in [6, 6.07) is 5.41. The third-order valence-electron chi connectivity index (χ3n) is 9.24. The number of aliphatic hydroxyl groups excluding tert-OH is 5. The third-order valence-corrected chi connectivity index (χ3v) is 9.24. The molecule has 0 spiro atoms. The first kappa shape index (κ1) is 24.0. The summed E-state index contributed by atoms with van der Waals surface area (Å²) in [5.74, 6) is 3.72. The van der Waals surface area contributed by atoms with Crippen LogP contribution in [-0.4, -0.2) is 73.6 Å². The van der Waals surface area contributed by atoms with E-state index in [1.165, 1.54) is 0 Å². The zero-order chi connectivity index (χ0) is 24.4. The normalized spacial score (nSPS) is 47.8. The maximum atomic E-state index is 11.1. The largest absolute Gasteiger partial charge is 0.462 e. The Bertz CT molecular complexity index is 974. The molecule has 6 N–H and O–H groups in total. The van der Waals surface area contributed by atoms with Crippen molar-refractivity contribution in [1.82, 2.24) is 0 Å². The van der Waals surface area contributed by atoms with Crippen molar-refractivity contribution in [3.63, 3.8) is 0 Å². The summed E-state index contributed by atoms with van der Waals surface area (Å²) >= 11 is 0. The molecule has 3 aliphatic carbocycles. The van der Waals surface area contributed by atoms with Gasteiger partial charge in [-0.2, -0.15) is 0 Å². The molecular weight excluding hydrogens is 440 g/mol. The van der Waals surface area contributed by atoms with Gasteiger partial charge in [0.25, 0.3) is 0 Å². The number of terminal acetylenes is 1. The van der Waals surface area contributed by atoms with Gasteiger partial charge in [0.15, 0.2) is 0 Å². The number of benzene rings is 1. The average molecular weight is 475 g/mol. The SMILES string of the molecule is C#C[C@]1(O)CC[C@H]2[C@@H]3C[C@@H](O)c4cc(O[C@@H]5O[C@H](CO)[C@@H](O)[C@H](O)[C@H]5O)ccc4[C@H]3CC[C@@]21C. The Morgan fingerprint density at radius 3 is 2.56 bits per heavy atom. The maximum Gasteiger partial charge on any atom is 0.229 e. The number of fused-ring (bicyclic) bond motifs is 5. The van der Waals surface area contributed by atoms with Gasteiger partial charge in [-0.15, -0.1) is 6.42 Å². The molecule has 8 heteroatoms. The van der Waals surface area contributed by atoms with Gasteiger partial charge in [-0.3, -0.25) is 0 Å². The Morgan fingerprint density at radius 1 is 1.09 bits per heavy atom. The summed E-state index contributed by atoms with van der Waals surface area (Å²) in [5.41, 5.74) is 0.365. The average Bonchev–Trinajstić information content (AvgIpc) is 3.11. The highest BCUT2D eigenvalue weighted by molar-refractivity contribution is 5.42. The molecule has 1 aromatic rings. The minimum absolute atomic E-state index is 0.223. The van der Waals surface area contributed by atoms with Crippen LogP contribution in [0.5, 0.6) is 5.75 Å². The van der Waals surface area contributed by atoms with Gasteiger partial charge in [-0.25, -0.2) is 0 Å². The van der Waals surface area contributed by atoms with Crippen LogP contribution in [0.3, 0.4) is 0 Å². The summed E-state index contributed by atoms with van der Waals surface area (Å²) in [7, 11) is 0. The zero-order valence-corrected chi connectivity index (χ0v) is 19.2. The lowest BCUT2D eigenvalue weighted by Gasteiger charge is -2.52. The molecule has 5 rings (SSSR count). The highest BCUT2D eigenvalue weighted by Crippen LogP contribution is 2.65. The van der Waals surface area contributed by atoms with Gasteiger partial charge in [0.05, 0.1) is 12.7 Å². The Morgan fingerprint density at radius 2 is 1.85 bits per heavy atom. The van der Waals surface area contributed by atoms with Gasteiger partial charge in [-0.05, 0) is 73.1 Å². The number of ether oxygens (including phenoxy) is 2. The first-order chi connectivity index (χ1) is 16.1. The van der Waals surface area contributed by atoms with Crippen LogP contribution in [0.4, 0.5) is 0 Å². The maximum absolute atomic E-state index is 11.1. The van der Waals surface area contributed by atoms with Crippen LogP contribution in [0.15, 0.2) is 18.2 Å². The van der Waals surface area contributed by atoms with E-state index in [9.17, 15) is 30.6 Å². The molecule has 0 bridgehead atoms. The van der Waals surface area contributed by atoms with Crippen molar-refractivity contribution >= 4 is 0 Å².